The van der Waals surface area contributed by atoms with Crippen LogP contribution in [0.3, 0.4) is 0 Å². The second-order valence-electron chi connectivity index (χ2n) is 8.55. The van der Waals surface area contributed by atoms with Gasteiger partial charge in [0, 0.05) is 55.3 Å². The number of nitrogens with one attached hydrogen (secondary N) is 5. The van der Waals surface area contributed by atoms with E-state index in [4.69, 9.17) is 5.41 Å². The minimum atomic E-state index is -1.03. The Morgan fingerprint density at radius 3 is 2.53 bits per heavy atom. The van der Waals surface area contributed by atoms with E-state index in [1.165, 1.54) is 6.92 Å². The molecule has 0 aliphatic rings. The highest BCUT2D eigenvalue weighted by Crippen LogP contribution is 2.19. The zero-order chi connectivity index (χ0) is 26.1. The van der Waals surface area contributed by atoms with Gasteiger partial charge in [-0.05, 0) is 36.6 Å². The van der Waals surface area contributed by atoms with E-state index in [0.717, 1.165) is 27.7 Å². The van der Waals surface area contributed by atoms with Crippen LogP contribution in [0.4, 0.5) is 0 Å². The van der Waals surface area contributed by atoms with Gasteiger partial charge in [0.15, 0.2) is 5.78 Å². The number of amides is 3. The van der Waals surface area contributed by atoms with Gasteiger partial charge in [-0.1, -0.05) is 24.3 Å². The minimum Gasteiger partial charge on any atom is -0.361 e. The van der Waals surface area contributed by atoms with Gasteiger partial charge in [-0.15, -0.1) is 0 Å². The largest absolute Gasteiger partial charge is 0.361 e. The summed E-state index contributed by atoms with van der Waals surface area (Å²) in [6, 6.07) is 9.31. The maximum atomic E-state index is 13.2. The number of aryl methyl sites for hydroxylation is 1. The van der Waals surface area contributed by atoms with E-state index in [2.05, 4.69) is 25.9 Å². The molecular weight excluding hydrogens is 460 g/mol. The summed E-state index contributed by atoms with van der Waals surface area (Å²) in [6.07, 6.45) is 4.26. The van der Waals surface area contributed by atoms with Gasteiger partial charge < -0.3 is 26.3 Å². The minimum absolute atomic E-state index is 0.0117. The summed E-state index contributed by atoms with van der Waals surface area (Å²) in [5, 5.41) is 16.2. The van der Waals surface area contributed by atoms with E-state index in [9.17, 15) is 19.2 Å². The lowest BCUT2D eigenvalue weighted by Gasteiger charge is -2.23. The number of hydrogen-bond acceptors (Lipinski definition) is 6. The summed E-state index contributed by atoms with van der Waals surface area (Å²) in [7, 11) is 0. The van der Waals surface area contributed by atoms with E-state index in [-0.39, 0.29) is 31.7 Å². The van der Waals surface area contributed by atoms with Gasteiger partial charge in [-0.3, -0.25) is 24.2 Å². The number of benzene rings is 1. The lowest BCUT2D eigenvalue weighted by Crippen LogP contribution is -2.54. The molecule has 0 saturated heterocycles. The molecule has 2 atom stereocenters. The van der Waals surface area contributed by atoms with Crippen molar-refractivity contribution >= 4 is 40.6 Å². The van der Waals surface area contributed by atoms with Gasteiger partial charge in [-0.25, -0.2) is 0 Å². The third-order valence-corrected chi connectivity index (χ3v) is 5.71. The first kappa shape index (κ1) is 26.3. The van der Waals surface area contributed by atoms with Crippen molar-refractivity contribution in [1.29, 1.82) is 5.41 Å². The average Bonchev–Trinajstić information content (AvgIpc) is 3.27. The lowest BCUT2D eigenvalue weighted by molar-refractivity contribution is -0.132. The van der Waals surface area contributed by atoms with E-state index in [1.807, 2.05) is 43.3 Å². The van der Waals surface area contributed by atoms with Gasteiger partial charge >= 0.3 is 0 Å². The highest BCUT2D eigenvalue weighted by atomic mass is 16.2. The van der Waals surface area contributed by atoms with Crippen LogP contribution in [0.5, 0.6) is 0 Å². The molecule has 0 spiro atoms. The SMILES string of the molecule is CC(=O)N[C@@H](Cc1c[nH]c2ccccc12)C(=O)N[C@@H](CCC(=O)C=N)C(=O)NCc1ccc(C)nc1. The molecule has 10 heteroatoms. The fourth-order valence-electron chi connectivity index (χ4n) is 3.79. The molecule has 36 heavy (non-hydrogen) atoms. The molecule has 3 amide bonds. The maximum Gasteiger partial charge on any atom is 0.243 e. The predicted octanol–water partition coefficient (Wildman–Crippen LogP) is 1.72. The highest BCUT2D eigenvalue weighted by Gasteiger charge is 2.27. The van der Waals surface area contributed by atoms with Crippen LogP contribution in [0.2, 0.25) is 0 Å². The topological polar surface area (TPSA) is 157 Å². The van der Waals surface area contributed by atoms with Gasteiger partial charge in [0.25, 0.3) is 0 Å². The number of fused-ring (bicyclic) bond motifs is 1. The summed E-state index contributed by atoms with van der Waals surface area (Å²) in [6.45, 7) is 3.37. The number of ketones is 1. The Bertz CT molecular complexity index is 1250. The predicted molar refractivity (Wildman–Crippen MR) is 135 cm³/mol. The number of hydrogen-bond donors (Lipinski definition) is 5. The Labute approximate surface area is 208 Å². The first-order chi connectivity index (χ1) is 17.3. The highest BCUT2D eigenvalue weighted by molar-refractivity contribution is 6.26. The van der Waals surface area contributed by atoms with Crippen LogP contribution in [0.25, 0.3) is 10.9 Å². The number of nitrogens with zero attached hydrogens (tertiary/aromatic N) is 1. The molecule has 3 aromatic rings. The molecular formula is C26H30N6O4. The number of pyridine rings is 1. The van der Waals surface area contributed by atoms with Crippen LogP contribution in [0, 0.1) is 12.3 Å². The second kappa shape index (κ2) is 12.4. The van der Waals surface area contributed by atoms with Crippen LogP contribution < -0.4 is 16.0 Å². The third-order valence-electron chi connectivity index (χ3n) is 5.71. The molecule has 0 aliphatic heterocycles. The molecule has 188 valence electrons. The van der Waals surface area contributed by atoms with Crippen molar-refractivity contribution in [2.24, 2.45) is 0 Å². The fourth-order valence-corrected chi connectivity index (χ4v) is 3.79. The molecule has 0 saturated carbocycles. The standard InChI is InChI=1S/C26H30N6O4/c1-16-7-8-18(13-28-16)14-30-25(35)23(10-9-20(34)12-27)32-26(36)24(31-17(2)33)11-19-15-29-22-6-4-3-5-21(19)22/h3-8,12-13,15,23-24,27,29H,9-11,14H2,1-2H3,(H,30,35)(H,31,33)(H,32,36)/t23-,24-/m0/s1. The van der Waals surface area contributed by atoms with Crippen molar-refractivity contribution in [3.05, 3.63) is 65.6 Å². The number of carbonyl (C=O) groups excluding carboxylic acids is 4. The number of H-pyrrole nitrogens is 1. The van der Waals surface area contributed by atoms with Crippen molar-refractivity contribution < 1.29 is 19.2 Å². The molecule has 5 N–H and O–H groups in total. The molecule has 3 rings (SSSR count). The molecule has 0 fully saturated rings. The van der Waals surface area contributed by atoms with Gasteiger partial charge in [0.1, 0.15) is 12.1 Å². The lowest BCUT2D eigenvalue weighted by atomic mass is 10.0. The molecule has 0 radical (unpaired) electrons. The zero-order valence-electron chi connectivity index (χ0n) is 20.3. The molecule has 0 bridgehead atoms. The molecule has 1 aromatic carbocycles. The first-order valence-corrected chi connectivity index (χ1v) is 11.6. The Balaban J connectivity index is 1.74. The first-order valence-electron chi connectivity index (χ1n) is 11.6. The summed E-state index contributed by atoms with van der Waals surface area (Å²) >= 11 is 0. The van der Waals surface area contributed by atoms with Gasteiger partial charge in [0.2, 0.25) is 17.7 Å². The summed E-state index contributed by atoms with van der Waals surface area (Å²) < 4.78 is 0. The molecule has 2 aromatic heterocycles. The Kier molecular flexibility index (Phi) is 9.04. The average molecular weight is 491 g/mol. The molecule has 0 unspecified atom stereocenters. The van der Waals surface area contributed by atoms with Crippen molar-refractivity contribution in [2.75, 3.05) is 0 Å². The number of Topliss-reactive ketones (excluding diaryl/α,β-unsaturated/α-hetero) is 1. The fraction of sp³-hybridized carbons (Fsp3) is 0.308. The van der Waals surface area contributed by atoms with Crippen LogP contribution in [-0.2, 0) is 32.1 Å². The number of aromatic nitrogens is 2. The molecule has 10 nitrogen and oxygen atoms in total. The van der Waals surface area contributed by atoms with E-state index in [1.54, 1.807) is 12.4 Å². The Morgan fingerprint density at radius 1 is 1.06 bits per heavy atom. The van der Waals surface area contributed by atoms with Gasteiger partial charge in [-0.2, -0.15) is 0 Å². The Hall–Kier alpha value is -4.34. The van der Waals surface area contributed by atoms with Crippen molar-refractivity contribution in [1.82, 2.24) is 25.9 Å². The van der Waals surface area contributed by atoms with E-state index < -0.39 is 29.7 Å². The number of rotatable bonds is 12. The van der Waals surface area contributed by atoms with Crippen molar-refractivity contribution in [2.45, 2.75) is 51.7 Å². The smallest absolute Gasteiger partial charge is 0.243 e. The molecule has 2 heterocycles. The normalized spacial score (nSPS) is 12.4. The second-order valence-corrected chi connectivity index (χ2v) is 8.55. The summed E-state index contributed by atoms with van der Waals surface area (Å²) in [5.74, 6) is -1.87. The van der Waals surface area contributed by atoms with Crippen LogP contribution in [0.15, 0.2) is 48.8 Å². The summed E-state index contributed by atoms with van der Waals surface area (Å²) in [5.41, 5.74) is 3.37. The van der Waals surface area contributed by atoms with E-state index in [0.29, 0.717) is 6.21 Å². The van der Waals surface area contributed by atoms with Crippen molar-refractivity contribution in [3.63, 3.8) is 0 Å². The zero-order valence-corrected chi connectivity index (χ0v) is 20.3. The van der Waals surface area contributed by atoms with Crippen molar-refractivity contribution in [3.8, 4) is 0 Å². The van der Waals surface area contributed by atoms with Crippen LogP contribution in [-0.4, -0.2) is 51.8 Å². The maximum absolute atomic E-state index is 13.2. The number of aromatic amines is 1. The number of carbonyl (C=O) groups is 4. The van der Waals surface area contributed by atoms with Gasteiger partial charge in [0.05, 0.1) is 6.21 Å². The van der Waals surface area contributed by atoms with E-state index >= 15 is 0 Å². The summed E-state index contributed by atoms with van der Waals surface area (Å²) in [4.78, 5) is 57.1. The third kappa shape index (κ3) is 7.33. The van der Waals surface area contributed by atoms with Crippen LogP contribution in [0.1, 0.15) is 36.6 Å². The number of para-hydroxylation sites is 1. The monoisotopic (exact) mass is 490 g/mol. The Morgan fingerprint density at radius 2 is 1.83 bits per heavy atom. The quantitative estimate of drug-likeness (QED) is 0.244. The van der Waals surface area contributed by atoms with Crippen LogP contribution >= 0.6 is 0 Å². The molecule has 0 aliphatic carbocycles.